The van der Waals surface area contributed by atoms with Gasteiger partial charge in [0.15, 0.2) is 0 Å². The van der Waals surface area contributed by atoms with Crippen molar-refractivity contribution in [2.75, 3.05) is 52.5 Å². The third kappa shape index (κ3) is 3.87. The van der Waals surface area contributed by atoms with E-state index in [0.717, 1.165) is 32.7 Å². The number of amides is 1. The van der Waals surface area contributed by atoms with Gasteiger partial charge in [-0.25, -0.2) is 0 Å². The number of morpholine rings is 1. The van der Waals surface area contributed by atoms with E-state index in [0.29, 0.717) is 39.3 Å². The number of ether oxygens (including phenoxy) is 2. The van der Waals surface area contributed by atoms with Crippen molar-refractivity contribution in [2.45, 2.75) is 25.1 Å². The molecule has 25 heavy (non-hydrogen) atoms. The van der Waals surface area contributed by atoms with Crippen LogP contribution in [-0.4, -0.2) is 73.9 Å². The molecule has 3 heterocycles. The highest BCUT2D eigenvalue weighted by molar-refractivity contribution is 5.76. The van der Waals surface area contributed by atoms with Gasteiger partial charge < -0.3 is 19.7 Å². The fourth-order valence-electron chi connectivity index (χ4n) is 4.00. The lowest BCUT2D eigenvalue weighted by molar-refractivity contribution is -0.158. The van der Waals surface area contributed by atoms with Crippen LogP contribution < -0.4 is 5.32 Å². The Morgan fingerprint density at radius 3 is 2.80 bits per heavy atom. The molecular formula is C19H27N3O3. The Morgan fingerprint density at radius 2 is 2.00 bits per heavy atom. The largest absolute Gasteiger partial charge is 0.377 e. The van der Waals surface area contributed by atoms with Gasteiger partial charge in [-0.05, 0) is 11.1 Å². The van der Waals surface area contributed by atoms with Gasteiger partial charge in [0.1, 0.15) is 5.60 Å². The second-order valence-corrected chi connectivity index (χ2v) is 7.31. The molecule has 4 rings (SSSR count). The second kappa shape index (κ2) is 7.41. The fraction of sp³-hybridized carbons (Fsp3) is 0.632. The number of carbonyl (C=O) groups excluding carboxylic acids is 1. The highest BCUT2D eigenvalue weighted by Gasteiger charge is 2.39. The van der Waals surface area contributed by atoms with Crippen LogP contribution in [-0.2, 0) is 27.4 Å². The molecule has 0 unspecified atom stereocenters. The number of benzene rings is 1. The Kier molecular flexibility index (Phi) is 5.03. The van der Waals surface area contributed by atoms with E-state index >= 15 is 0 Å². The van der Waals surface area contributed by atoms with Crippen LogP contribution in [0.5, 0.6) is 0 Å². The fourth-order valence-corrected chi connectivity index (χ4v) is 4.00. The van der Waals surface area contributed by atoms with Crippen LogP contribution in [0.2, 0.25) is 0 Å². The van der Waals surface area contributed by atoms with Gasteiger partial charge in [0.05, 0.1) is 26.4 Å². The lowest BCUT2D eigenvalue weighted by atomic mass is 10.0. The topological polar surface area (TPSA) is 54.0 Å². The molecule has 6 heteroatoms. The Bertz CT molecular complexity index is 589. The van der Waals surface area contributed by atoms with E-state index in [2.05, 4.69) is 34.5 Å². The summed E-state index contributed by atoms with van der Waals surface area (Å²) in [7, 11) is 0. The summed E-state index contributed by atoms with van der Waals surface area (Å²) in [4.78, 5) is 17.0. The third-order valence-electron chi connectivity index (χ3n) is 5.38. The third-order valence-corrected chi connectivity index (χ3v) is 5.38. The molecule has 0 saturated carbocycles. The Balaban J connectivity index is 1.29. The molecule has 136 valence electrons. The zero-order chi connectivity index (χ0) is 17.1. The van der Waals surface area contributed by atoms with E-state index in [1.54, 1.807) is 0 Å². The molecule has 6 nitrogen and oxygen atoms in total. The number of nitrogens with zero attached hydrogens (tertiary/aromatic N) is 2. The predicted molar refractivity (Wildman–Crippen MR) is 94.1 cm³/mol. The van der Waals surface area contributed by atoms with Crippen molar-refractivity contribution in [3.8, 4) is 0 Å². The first-order chi connectivity index (χ1) is 12.2. The van der Waals surface area contributed by atoms with Crippen molar-refractivity contribution in [1.82, 2.24) is 15.1 Å². The molecule has 1 N–H and O–H groups in total. The van der Waals surface area contributed by atoms with Gasteiger partial charge in [0, 0.05) is 45.7 Å². The Hall–Kier alpha value is -1.47. The first kappa shape index (κ1) is 17.0. The second-order valence-electron chi connectivity index (χ2n) is 7.31. The van der Waals surface area contributed by atoms with Crippen molar-refractivity contribution in [3.05, 3.63) is 35.4 Å². The molecule has 2 fully saturated rings. The van der Waals surface area contributed by atoms with Crippen LogP contribution in [0.15, 0.2) is 24.3 Å². The average Bonchev–Trinajstić information content (AvgIpc) is 2.93. The summed E-state index contributed by atoms with van der Waals surface area (Å²) in [5, 5.41) is 3.36. The lowest BCUT2D eigenvalue weighted by Gasteiger charge is -2.42. The SMILES string of the molecule is O=C(CCN1Cc2ccccc2C1)N1CCO[C@@]2(CNCCOC2)C1. The van der Waals surface area contributed by atoms with Crippen LogP contribution in [0, 0.1) is 0 Å². The van der Waals surface area contributed by atoms with Crippen molar-refractivity contribution in [3.63, 3.8) is 0 Å². The number of fused-ring (bicyclic) bond motifs is 1. The summed E-state index contributed by atoms with van der Waals surface area (Å²) in [6.07, 6.45) is 0.568. The molecule has 1 aromatic rings. The van der Waals surface area contributed by atoms with Crippen molar-refractivity contribution < 1.29 is 14.3 Å². The van der Waals surface area contributed by atoms with Crippen molar-refractivity contribution in [2.24, 2.45) is 0 Å². The van der Waals surface area contributed by atoms with Gasteiger partial charge >= 0.3 is 0 Å². The van der Waals surface area contributed by atoms with Gasteiger partial charge in [-0.3, -0.25) is 9.69 Å². The average molecular weight is 345 g/mol. The molecule has 1 atom stereocenters. The summed E-state index contributed by atoms with van der Waals surface area (Å²) >= 11 is 0. The molecule has 0 aromatic heterocycles. The zero-order valence-corrected chi connectivity index (χ0v) is 14.7. The maximum absolute atomic E-state index is 12.7. The van der Waals surface area contributed by atoms with Crippen LogP contribution in [0.25, 0.3) is 0 Å². The summed E-state index contributed by atoms with van der Waals surface area (Å²) in [5.41, 5.74) is 2.40. The molecular weight excluding hydrogens is 318 g/mol. The molecule has 3 aliphatic heterocycles. The maximum Gasteiger partial charge on any atom is 0.224 e. The minimum atomic E-state index is -0.381. The highest BCUT2D eigenvalue weighted by atomic mass is 16.5. The summed E-state index contributed by atoms with van der Waals surface area (Å²) < 4.78 is 11.7. The van der Waals surface area contributed by atoms with Gasteiger partial charge in [-0.2, -0.15) is 0 Å². The monoisotopic (exact) mass is 345 g/mol. The molecule has 0 radical (unpaired) electrons. The van der Waals surface area contributed by atoms with Gasteiger partial charge in [-0.1, -0.05) is 24.3 Å². The van der Waals surface area contributed by atoms with E-state index in [9.17, 15) is 4.79 Å². The molecule has 1 aromatic carbocycles. The summed E-state index contributed by atoms with van der Waals surface area (Å²) in [5.74, 6) is 0.225. The van der Waals surface area contributed by atoms with Gasteiger partial charge in [0.2, 0.25) is 5.91 Å². The van der Waals surface area contributed by atoms with Crippen LogP contribution in [0.4, 0.5) is 0 Å². The van der Waals surface area contributed by atoms with Crippen molar-refractivity contribution in [1.29, 1.82) is 0 Å². The Morgan fingerprint density at radius 1 is 1.20 bits per heavy atom. The van der Waals surface area contributed by atoms with E-state index in [1.807, 2.05) is 4.90 Å². The maximum atomic E-state index is 12.7. The van der Waals surface area contributed by atoms with Crippen LogP contribution >= 0.6 is 0 Å². The quantitative estimate of drug-likeness (QED) is 0.870. The number of hydrogen-bond donors (Lipinski definition) is 1. The summed E-state index contributed by atoms with van der Waals surface area (Å²) in [6, 6.07) is 8.54. The number of carbonyl (C=O) groups is 1. The standard InChI is InChI=1S/C19H27N3O3/c23-18(5-7-21-11-16-3-1-2-4-17(16)12-21)22-8-10-25-19(14-22)13-20-6-9-24-15-19/h1-4,20H,5-15H2/t19-/m0/s1. The van der Waals surface area contributed by atoms with E-state index < -0.39 is 0 Å². The molecule has 0 aliphatic carbocycles. The molecule has 3 aliphatic rings. The van der Waals surface area contributed by atoms with Gasteiger partial charge in [0.25, 0.3) is 0 Å². The molecule has 0 bridgehead atoms. The minimum Gasteiger partial charge on any atom is -0.377 e. The number of hydrogen-bond acceptors (Lipinski definition) is 5. The first-order valence-electron chi connectivity index (χ1n) is 9.23. The van der Waals surface area contributed by atoms with Gasteiger partial charge in [-0.15, -0.1) is 0 Å². The predicted octanol–water partition coefficient (Wildman–Crippen LogP) is 0.610. The normalized spacial score (nSPS) is 27.3. The molecule has 2 saturated heterocycles. The van der Waals surface area contributed by atoms with E-state index in [4.69, 9.17) is 9.47 Å². The summed E-state index contributed by atoms with van der Waals surface area (Å²) in [6.45, 7) is 7.47. The van der Waals surface area contributed by atoms with Crippen LogP contribution in [0.1, 0.15) is 17.5 Å². The van der Waals surface area contributed by atoms with Crippen LogP contribution in [0.3, 0.4) is 0 Å². The van der Waals surface area contributed by atoms with Crippen molar-refractivity contribution >= 4 is 5.91 Å². The van der Waals surface area contributed by atoms with E-state index in [1.165, 1.54) is 11.1 Å². The highest BCUT2D eigenvalue weighted by Crippen LogP contribution is 2.23. The lowest BCUT2D eigenvalue weighted by Crippen LogP contribution is -2.59. The molecule has 1 spiro atoms. The van der Waals surface area contributed by atoms with E-state index in [-0.39, 0.29) is 11.5 Å². The number of nitrogens with one attached hydrogen (secondary N) is 1. The molecule has 1 amide bonds. The smallest absolute Gasteiger partial charge is 0.224 e. The zero-order valence-electron chi connectivity index (χ0n) is 14.7. The minimum absolute atomic E-state index is 0.225. The number of rotatable bonds is 3. The Labute approximate surface area is 149 Å². The first-order valence-corrected chi connectivity index (χ1v) is 9.23.